The molecule has 0 saturated heterocycles. The third kappa shape index (κ3) is 5.32. The minimum atomic E-state index is -0.230. The topological polar surface area (TPSA) is 67.4 Å². The van der Waals surface area contributed by atoms with Crippen molar-refractivity contribution >= 4 is 33.4 Å². The highest BCUT2D eigenvalue weighted by molar-refractivity contribution is 9.10. The minimum Gasteiger partial charge on any atom is -0.493 e. The summed E-state index contributed by atoms with van der Waals surface area (Å²) >= 11 is 3.40. The molecule has 25 heavy (non-hydrogen) atoms. The number of ether oxygens (including phenoxy) is 1. The minimum absolute atomic E-state index is 0.116. The first-order valence-corrected chi connectivity index (χ1v) is 8.96. The van der Waals surface area contributed by atoms with Gasteiger partial charge in [0.2, 0.25) is 0 Å². The summed E-state index contributed by atoms with van der Waals surface area (Å²) in [6.45, 7) is 5.10. The molecule has 2 N–H and O–H groups in total. The van der Waals surface area contributed by atoms with Crippen molar-refractivity contribution in [1.82, 2.24) is 5.32 Å². The molecule has 6 heteroatoms. The third-order valence-corrected chi connectivity index (χ3v) is 4.05. The Morgan fingerprint density at radius 1 is 1.00 bits per heavy atom. The van der Waals surface area contributed by atoms with E-state index in [1.54, 1.807) is 42.5 Å². The molecule has 0 unspecified atom stereocenters. The van der Waals surface area contributed by atoms with E-state index in [2.05, 4.69) is 26.6 Å². The van der Waals surface area contributed by atoms with E-state index in [1.165, 1.54) is 0 Å². The van der Waals surface area contributed by atoms with Crippen LogP contribution in [0.3, 0.4) is 0 Å². The Hall–Kier alpha value is -2.34. The van der Waals surface area contributed by atoms with Gasteiger partial charge in [-0.15, -0.1) is 0 Å². The number of hydrogen-bond acceptors (Lipinski definition) is 3. The number of carbonyl (C=O) groups is 2. The second-order valence-electron chi connectivity index (χ2n) is 5.37. The van der Waals surface area contributed by atoms with Gasteiger partial charge in [0.25, 0.3) is 11.8 Å². The average molecular weight is 405 g/mol. The average Bonchev–Trinajstić information content (AvgIpc) is 2.62. The van der Waals surface area contributed by atoms with Crippen molar-refractivity contribution in [3.05, 3.63) is 58.1 Å². The van der Waals surface area contributed by atoms with Crippen LogP contribution in [0.15, 0.2) is 46.9 Å². The molecule has 0 radical (unpaired) electrons. The predicted octanol–water partition coefficient (Wildman–Crippen LogP) is 4.24. The number of halogens is 1. The van der Waals surface area contributed by atoms with Gasteiger partial charge in [0.15, 0.2) is 0 Å². The molecule has 2 rings (SSSR count). The second-order valence-corrected chi connectivity index (χ2v) is 6.22. The first-order chi connectivity index (χ1) is 12.0. The van der Waals surface area contributed by atoms with Gasteiger partial charge in [-0.25, -0.2) is 0 Å². The highest BCUT2D eigenvalue weighted by Crippen LogP contribution is 2.26. The van der Waals surface area contributed by atoms with Crippen LogP contribution in [0.1, 0.15) is 41.0 Å². The maximum absolute atomic E-state index is 12.3. The lowest BCUT2D eigenvalue weighted by Crippen LogP contribution is -2.23. The van der Waals surface area contributed by atoms with Crippen molar-refractivity contribution in [1.29, 1.82) is 0 Å². The molecule has 5 nitrogen and oxygen atoms in total. The third-order valence-electron chi connectivity index (χ3n) is 3.43. The first-order valence-electron chi connectivity index (χ1n) is 8.17. The standard InChI is InChI=1S/C19H21BrN2O3/c1-3-11-21-18(23)13-5-8-15(9-6-13)22-19(24)14-7-10-17(25-4-2)16(20)12-14/h5-10,12H,3-4,11H2,1-2H3,(H,21,23)(H,22,24). The quantitative estimate of drug-likeness (QED) is 0.724. The first kappa shape index (κ1) is 19.0. The van der Waals surface area contributed by atoms with Crippen LogP contribution in [0.4, 0.5) is 5.69 Å². The molecule has 0 aromatic heterocycles. The Bertz CT molecular complexity index is 745. The van der Waals surface area contributed by atoms with Crippen molar-refractivity contribution in [2.24, 2.45) is 0 Å². The van der Waals surface area contributed by atoms with Crippen LogP contribution in [0, 0.1) is 0 Å². The molecule has 132 valence electrons. The SMILES string of the molecule is CCCNC(=O)c1ccc(NC(=O)c2ccc(OCC)c(Br)c2)cc1. The maximum atomic E-state index is 12.3. The number of amides is 2. The number of hydrogen-bond donors (Lipinski definition) is 2. The molecular weight excluding hydrogens is 384 g/mol. The van der Waals surface area contributed by atoms with Gasteiger partial charge in [-0.3, -0.25) is 9.59 Å². The molecule has 0 saturated carbocycles. The smallest absolute Gasteiger partial charge is 0.255 e. The summed E-state index contributed by atoms with van der Waals surface area (Å²) in [6.07, 6.45) is 0.886. The summed E-state index contributed by atoms with van der Waals surface area (Å²) in [5, 5.41) is 5.63. The number of carbonyl (C=O) groups excluding carboxylic acids is 2. The van der Waals surface area contributed by atoms with Crippen LogP contribution in [-0.2, 0) is 0 Å². The van der Waals surface area contributed by atoms with Crippen molar-refractivity contribution in [2.75, 3.05) is 18.5 Å². The van der Waals surface area contributed by atoms with Crippen molar-refractivity contribution in [3.8, 4) is 5.75 Å². The van der Waals surface area contributed by atoms with E-state index in [0.29, 0.717) is 35.7 Å². The van der Waals surface area contributed by atoms with Crippen LogP contribution in [0.25, 0.3) is 0 Å². The van der Waals surface area contributed by atoms with Crippen LogP contribution >= 0.6 is 15.9 Å². The maximum Gasteiger partial charge on any atom is 0.255 e. The molecule has 0 heterocycles. The van der Waals surface area contributed by atoms with E-state index < -0.39 is 0 Å². The van der Waals surface area contributed by atoms with Crippen molar-refractivity contribution < 1.29 is 14.3 Å². The zero-order valence-corrected chi connectivity index (χ0v) is 15.9. The van der Waals surface area contributed by atoms with Gasteiger partial charge in [0, 0.05) is 23.4 Å². The summed E-state index contributed by atoms with van der Waals surface area (Å²) in [5.41, 5.74) is 1.71. The molecule has 0 aliphatic heterocycles. The van der Waals surface area contributed by atoms with Gasteiger partial charge >= 0.3 is 0 Å². The zero-order valence-electron chi connectivity index (χ0n) is 14.3. The number of anilines is 1. The molecule has 0 spiro atoms. The Morgan fingerprint density at radius 2 is 1.68 bits per heavy atom. The Balaban J connectivity index is 2.03. The monoisotopic (exact) mass is 404 g/mol. The normalized spacial score (nSPS) is 10.2. The highest BCUT2D eigenvalue weighted by Gasteiger charge is 2.10. The van der Waals surface area contributed by atoms with Crippen LogP contribution in [-0.4, -0.2) is 25.0 Å². The lowest BCUT2D eigenvalue weighted by molar-refractivity contribution is 0.0953. The summed E-state index contributed by atoms with van der Waals surface area (Å²) in [6, 6.07) is 12.0. The van der Waals surface area contributed by atoms with Gasteiger partial charge < -0.3 is 15.4 Å². The fraction of sp³-hybridized carbons (Fsp3) is 0.263. The van der Waals surface area contributed by atoms with E-state index in [4.69, 9.17) is 4.74 Å². The fourth-order valence-corrected chi connectivity index (χ4v) is 2.66. The van der Waals surface area contributed by atoms with Crippen LogP contribution in [0.5, 0.6) is 5.75 Å². The fourth-order valence-electron chi connectivity index (χ4n) is 2.16. The van der Waals surface area contributed by atoms with Gasteiger partial charge in [0.05, 0.1) is 11.1 Å². The van der Waals surface area contributed by atoms with E-state index >= 15 is 0 Å². The van der Waals surface area contributed by atoms with Gasteiger partial charge in [-0.2, -0.15) is 0 Å². The van der Waals surface area contributed by atoms with E-state index in [1.807, 2.05) is 13.8 Å². The zero-order chi connectivity index (χ0) is 18.2. The highest BCUT2D eigenvalue weighted by atomic mass is 79.9. The number of benzene rings is 2. The number of rotatable bonds is 7. The van der Waals surface area contributed by atoms with Gasteiger partial charge in [0.1, 0.15) is 5.75 Å². The van der Waals surface area contributed by atoms with Crippen LogP contribution in [0.2, 0.25) is 0 Å². The van der Waals surface area contributed by atoms with Crippen LogP contribution < -0.4 is 15.4 Å². The summed E-state index contributed by atoms with van der Waals surface area (Å²) < 4.78 is 6.16. The summed E-state index contributed by atoms with van der Waals surface area (Å²) in [4.78, 5) is 24.2. The van der Waals surface area contributed by atoms with E-state index in [0.717, 1.165) is 10.9 Å². The van der Waals surface area contributed by atoms with Gasteiger partial charge in [-0.05, 0) is 71.7 Å². The second kappa shape index (κ2) is 9.22. The van der Waals surface area contributed by atoms with Crippen molar-refractivity contribution in [2.45, 2.75) is 20.3 Å². The molecule has 0 aliphatic rings. The van der Waals surface area contributed by atoms with E-state index in [-0.39, 0.29) is 11.8 Å². The Morgan fingerprint density at radius 3 is 2.28 bits per heavy atom. The Labute approximate surface area is 155 Å². The molecule has 0 aliphatic carbocycles. The molecule has 0 atom stereocenters. The molecular formula is C19H21BrN2O3. The number of nitrogens with one attached hydrogen (secondary N) is 2. The van der Waals surface area contributed by atoms with Gasteiger partial charge in [-0.1, -0.05) is 6.92 Å². The summed E-state index contributed by atoms with van der Waals surface area (Å²) in [5.74, 6) is 0.351. The van der Waals surface area contributed by atoms with E-state index in [9.17, 15) is 9.59 Å². The largest absolute Gasteiger partial charge is 0.493 e. The molecule has 2 aromatic rings. The lowest BCUT2D eigenvalue weighted by Gasteiger charge is -2.09. The van der Waals surface area contributed by atoms with Crippen molar-refractivity contribution in [3.63, 3.8) is 0 Å². The Kier molecular flexibility index (Phi) is 7.01. The molecule has 2 amide bonds. The molecule has 0 fully saturated rings. The summed E-state index contributed by atoms with van der Waals surface area (Å²) in [7, 11) is 0. The molecule has 2 aromatic carbocycles. The predicted molar refractivity (Wildman–Crippen MR) is 102 cm³/mol. The lowest BCUT2D eigenvalue weighted by atomic mass is 10.1. The molecule has 0 bridgehead atoms.